The molecule has 1 aromatic carbocycles. The predicted octanol–water partition coefficient (Wildman–Crippen LogP) is -0.341. The minimum absolute atomic E-state index is 0. The molecule has 0 saturated carbocycles. The van der Waals surface area contributed by atoms with Crippen molar-refractivity contribution >= 4 is 17.5 Å². The van der Waals surface area contributed by atoms with Crippen molar-refractivity contribution in [2.75, 3.05) is 5.75 Å². The average Bonchev–Trinajstić information content (AvgIpc) is 2.82. The van der Waals surface area contributed by atoms with Crippen LogP contribution in [0.15, 0.2) is 40.6 Å². The number of benzene rings is 1. The Hall–Kier alpha value is -1.35. The van der Waals surface area contributed by atoms with Crippen LogP contribution in [0.1, 0.15) is 11.4 Å². The first kappa shape index (κ1) is 15.0. The molecule has 3 rings (SSSR count). The van der Waals surface area contributed by atoms with E-state index in [2.05, 4.69) is 15.3 Å². The molecule has 20 heavy (non-hydrogen) atoms. The lowest BCUT2D eigenvalue weighted by atomic mass is 10.1. The summed E-state index contributed by atoms with van der Waals surface area (Å²) in [6, 6.07) is 9.08. The Morgan fingerprint density at radius 1 is 1.10 bits per heavy atom. The van der Waals surface area contributed by atoms with Gasteiger partial charge in [0.15, 0.2) is 0 Å². The molecule has 9 heteroatoms. The van der Waals surface area contributed by atoms with Crippen molar-refractivity contribution in [1.82, 2.24) is 14.9 Å². The minimum Gasteiger partial charge on any atom is -1.00 e. The molecule has 0 spiro atoms. The lowest BCUT2D eigenvalue weighted by Gasteiger charge is -2.14. The zero-order valence-electron chi connectivity index (χ0n) is 9.80. The summed E-state index contributed by atoms with van der Waals surface area (Å²) in [5.41, 5.74) is 1.37. The summed E-state index contributed by atoms with van der Waals surface area (Å²) in [6.07, 6.45) is -4.56. The van der Waals surface area contributed by atoms with Crippen LogP contribution in [0.4, 0.5) is 13.2 Å². The molecule has 0 radical (unpaired) electrons. The number of hydrogen-bond acceptors (Lipinski definition) is 4. The zero-order chi connectivity index (χ0) is 13.5. The third-order valence-corrected chi connectivity index (χ3v) is 3.46. The molecule has 4 nitrogen and oxygen atoms in total. The Kier molecular flexibility index (Phi) is 4.19. The topological polar surface area (TPSA) is 43.1 Å². The molecule has 0 fully saturated rings. The molecule has 2 heterocycles. The van der Waals surface area contributed by atoms with Crippen LogP contribution in [0.5, 0.6) is 0 Å². The van der Waals surface area contributed by atoms with Crippen LogP contribution in [-0.4, -0.2) is 26.3 Å². The standard InChI is InChI=1S/C11H7F3N4S.BrH/c12-11(13,14)9-15-16-10-18(9)17-8(6-19-10)7-4-2-1-3-5-7;/h1-5H,6H2;1H/p-1. The summed E-state index contributed by atoms with van der Waals surface area (Å²) in [4.78, 5) is 0. The number of fused-ring (bicyclic) bond motifs is 1. The highest BCUT2D eigenvalue weighted by Gasteiger charge is 2.39. The van der Waals surface area contributed by atoms with Gasteiger partial charge in [-0.15, -0.1) is 10.2 Å². The highest BCUT2D eigenvalue weighted by atomic mass is 79.9. The summed E-state index contributed by atoms with van der Waals surface area (Å²) in [7, 11) is 0. The van der Waals surface area contributed by atoms with E-state index in [9.17, 15) is 13.2 Å². The summed E-state index contributed by atoms with van der Waals surface area (Å²) in [6.45, 7) is 0. The molecule has 106 valence electrons. The minimum atomic E-state index is -4.56. The molecule has 1 aliphatic rings. The lowest BCUT2D eigenvalue weighted by Crippen LogP contribution is -3.00. The fourth-order valence-electron chi connectivity index (χ4n) is 1.68. The van der Waals surface area contributed by atoms with Crippen molar-refractivity contribution in [3.8, 4) is 0 Å². The first-order chi connectivity index (χ1) is 9.05. The molecule has 0 bridgehead atoms. The van der Waals surface area contributed by atoms with Gasteiger partial charge in [-0.25, -0.2) is 0 Å². The molecule has 0 unspecified atom stereocenters. The van der Waals surface area contributed by atoms with Crippen molar-refractivity contribution in [2.24, 2.45) is 5.10 Å². The zero-order valence-corrected chi connectivity index (χ0v) is 12.2. The van der Waals surface area contributed by atoms with Gasteiger partial charge in [-0.2, -0.15) is 22.9 Å². The Labute approximate surface area is 126 Å². The van der Waals surface area contributed by atoms with Gasteiger partial charge in [-0.1, -0.05) is 42.1 Å². The molecule has 0 N–H and O–H groups in total. The number of nitrogens with zero attached hydrogens (tertiary/aromatic N) is 4. The van der Waals surface area contributed by atoms with Crippen LogP contribution in [0, 0.1) is 0 Å². The highest BCUT2D eigenvalue weighted by Crippen LogP contribution is 2.32. The van der Waals surface area contributed by atoms with Crippen molar-refractivity contribution in [3.05, 3.63) is 41.7 Å². The Balaban J connectivity index is 0.00000147. The summed E-state index contributed by atoms with van der Waals surface area (Å²) in [5.74, 6) is -0.622. The molecule has 0 saturated heterocycles. The van der Waals surface area contributed by atoms with Gasteiger partial charge in [0.25, 0.3) is 5.82 Å². The maximum Gasteiger partial charge on any atom is 0.453 e. The fourth-order valence-corrected chi connectivity index (χ4v) is 2.51. The summed E-state index contributed by atoms with van der Waals surface area (Å²) >= 11 is 1.19. The quantitative estimate of drug-likeness (QED) is 0.696. The number of hydrogen-bond donors (Lipinski definition) is 0. The van der Waals surface area contributed by atoms with E-state index in [1.54, 1.807) is 0 Å². The Morgan fingerprint density at radius 2 is 1.80 bits per heavy atom. The van der Waals surface area contributed by atoms with Crippen molar-refractivity contribution in [2.45, 2.75) is 11.3 Å². The average molecular weight is 364 g/mol. The van der Waals surface area contributed by atoms with Gasteiger partial charge >= 0.3 is 6.18 Å². The molecule has 1 aromatic heterocycles. The number of halogens is 4. The van der Waals surface area contributed by atoms with Crippen molar-refractivity contribution in [1.29, 1.82) is 0 Å². The summed E-state index contributed by atoms with van der Waals surface area (Å²) in [5, 5.41) is 10.8. The Bertz CT molecular complexity index is 639. The first-order valence-electron chi connectivity index (χ1n) is 5.34. The normalized spacial score (nSPS) is 14.2. The van der Waals surface area contributed by atoms with E-state index in [4.69, 9.17) is 0 Å². The molecule has 0 amide bonds. The van der Waals surface area contributed by atoms with Gasteiger partial charge in [-0.3, -0.25) is 0 Å². The van der Waals surface area contributed by atoms with Gasteiger partial charge in [0.1, 0.15) is 0 Å². The second-order valence-corrected chi connectivity index (χ2v) is 4.76. The van der Waals surface area contributed by atoms with E-state index < -0.39 is 12.0 Å². The van der Waals surface area contributed by atoms with Crippen LogP contribution in [0.25, 0.3) is 0 Å². The third kappa shape index (κ3) is 2.73. The highest BCUT2D eigenvalue weighted by molar-refractivity contribution is 7.99. The number of rotatable bonds is 1. The second-order valence-electron chi connectivity index (χ2n) is 3.82. The van der Waals surface area contributed by atoms with Crippen molar-refractivity contribution in [3.63, 3.8) is 0 Å². The maximum absolute atomic E-state index is 12.7. The van der Waals surface area contributed by atoms with E-state index >= 15 is 0 Å². The van der Waals surface area contributed by atoms with E-state index in [0.717, 1.165) is 10.2 Å². The largest absolute Gasteiger partial charge is 1.00 e. The Morgan fingerprint density at radius 3 is 2.45 bits per heavy atom. The number of thioether (sulfide) groups is 1. The maximum atomic E-state index is 12.7. The SMILES string of the molecule is FC(F)(F)c1nnc2n1N=C(c1ccccc1)CS2.[Br-]. The van der Waals surface area contributed by atoms with Crippen LogP contribution < -0.4 is 17.0 Å². The van der Waals surface area contributed by atoms with E-state index in [1.807, 2.05) is 30.3 Å². The monoisotopic (exact) mass is 363 g/mol. The molecule has 0 aliphatic carbocycles. The van der Waals surface area contributed by atoms with Gasteiger partial charge < -0.3 is 17.0 Å². The third-order valence-electron chi connectivity index (χ3n) is 2.53. The van der Waals surface area contributed by atoms with Crippen LogP contribution in [-0.2, 0) is 6.18 Å². The number of aromatic nitrogens is 3. The van der Waals surface area contributed by atoms with E-state index in [1.165, 1.54) is 11.8 Å². The van der Waals surface area contributed by atoms with Crippen LogP contribution in [0.2, 0.25) is 0 Å². The molecular formula is C11H7BrF3N4S-. The smallest absolute Gasteiger partial charge is 0.453 e. The molecule has 2 aromatic rings. The van der Waals surface area contributed by atoms with Gasteiger partial charge in [0, 0.05) is 5.75 Å². The van der Waals surface area contributed by atoms with Gasteiger partial charge in [-0.05, 0) is 5.56 Å². The fraction of sp³-hybridized carbons (Fsp3) is 0.182. The molecular weight excluding hydrogens is 357 g/mol. The second kappa shape index (κ2) is 5.57. The molecule has 0 atom stereocenters. The van der Waals surface area contributed by atoms with Gasteiger partial charge in [0.2, 0.25) is 5.16 Å². The van der Waals surface area contributed by atoms with Crippen molar-refractivity contribution < 1.29 is 30.2 Å². The van der Waals surface area contributed by atoms with Crippen LogP contribution >= 0.6 is 11.8 Å². The first-order valence-corrected chi connectivity index (χ1v) is 6.33. The van der Waals surface area contributed by atoms with Crippen LogP contribution in [0.3, 0.4) is 0 Å². The summed E-state index contributed by atoms with van der Waals surface area (Å²) < 4.78 is 39.0. The molecule has 1 aliphatic heterocycles. The van der Waals surface area contributed by atoms with E-state index in [-0.39, 0.29) is 22.1 Å². The number of alkyl halides is 3. The van der Waals surface area contributed by atoms with Gasteiger partial charge in [0.05, 0.1) is 5.71 Å². The predicted molar refractivity (Wildman–Crippen MR) is 64.1 cm³/mol. The van der Waals surface area contributed by atoms with E-state index in [0.29, 0.717) is 11.5 Å². The lowest BCUT2D eigenvalue weighted by molar-refractivity contribution is -0.147.